The van der Waals surface area contributed by atoms with Crippen molar-refractivity contribution in [2.75, 3.05) is 13.1 Å². The molecule has 0 heterocycles. The first-order chi connectivity index (χ1) is 11.3. The van der Waals surface area contributed by atoms with Crippen molar-refractivity contribution in [3.8, 4) is 0 Å². The van der Waals surface area contributed by atoms with E-state index in [9.17, 15) is 5.11 Å². The maximum atomic E-state index is 10.2. The molecule has 0 rings (SSSR count). The first kappa shape index (κ1) is 23.8. The molecule has 146 valence electrons. The molecule has 4 unspecified atom stereocenters. The van der Waals surface area contributed by atoms with Crippen molar-refractivity contribution in [1.82, 2.24) is 15.5 Å². The van der Waals surface area contributed by atoms with Crippen LogP contribution in [0.15, 0.2) is 0 Å². The van der Waals surface area contributed by atoms with Gasteiger partial charge in [0.25, 0.3) is 0 Å². The van der Waals surface area contributed by atoms with E-state index < -0.39 is 6.23 Å². The number of nitrogens with zero attached hydrogens (tertiary/aromatic N) is 1. The normalized spacial score (nSPS) is 17.2. The Morgan fingerprint density at radius 1 is 0.917 bits per heavy atom. The summed E-state index contributed by atoms with van der Waals surface area (Å²) in [6, 6.07) is 1.73. The fourth-order valence-corrected chi connectivity index (χ4v) is 3.40. The number of nitrogens with one attached hydrogen (secondary N) is 2. The summed E-state index contributed by atoms with van der Waals surface area (Å²) in [5.74, 6) is 0. The molecule has 0 aromatic carbocycles. The Labute approximate surface area is 151 Å². The highest BCUT2D eigenvalue weighted by Gasteiger charge is 2.21. The molecule has 0 aromatic heterocycles. The second kappa shape index (κ2) is 14.1. The van der Waals surface area contributed by atoms with Crippen molar-refractivity contribution in [2.45, 2.75) is 117 Å². The van der Waals surface area contributed by atoms with E-state index in [4.69, 9.17) is 0 Å². The lowest BCUT2D eigenvalue weighted by Gasteiger charge is -2.36. The van der Waals surface area contributed by atoms with Gasteiger partial charge in [-0.15, -0.1) is 0 Å². The second-order valence-corrected chi connectivity index (χ2v) is 7.65. The highest BCUT2D eigenvalue weighted by Crippen LogP contribution is 2.09. The van der Waals surface area contributed by atoms with Gasteiger partial charge in [-0.2, -0.15) is 0 Å². The lowest BCUT2D eigenvalue weighted by atomic mass is 10.1. The van der Waals surface area contributed by atoms with Crippen LogP contribution in [0.2, 0.25) is 0 Å². The number of hydrogen-bond donors (Lipinski definition) is 3. The predicted molar refractivity (Wildman–Crippen MR) is 106 cm³/mol. The van der Waals surface area contributed by atoms with Gasteiger partial charge in [0.15, 0.2) is 0 Å². The van der Waals surface area contributed by atoms with E-state index in [0.717, 1.165) is 13.0 Å². The molecule has 0 radical (unpaired) electrons. The van der Waals surface area contributed by atoms with E-state index in [2.05, 4.69) is 64.0 Å². The maximum Gasteiger partial charge on any atom is 0.117 e. The average Bonchev–Trinajstić information content (AvgIpc) is 2.52. The van der Waals surface area contributed by atoms with Crippen molar-refractivity contribution in [2.24, 2.45) is 0 Å². The number of likely N-dealkylation sites (N-methyl/N-ethyl adjacent to an activating group) is 1. The van der Waals surface area contributed by atoms with Crippen LogP contribution in [0.25, 0.3) is 0 Å². The van der Waals surface area contributed by atoms with Gasteiger partial charge in [-0.05, 0) is 47.6 Å². The Bertz CT molecular complexity index is 286. The smallest absolute Gasteiger partial charge is 0.117 e. The number of unbranched alkanes of at least 4 members (excludes halogenated alkanes) is 4. The summed E-state index contributed by atoms with van der Waals surface area (Å²) >= 11 is 0. The molecule has 4 atom stereocenters. The lowest BCUT2D eigenvalue weighted by Crippen LogP contribution is -2.52. The van der Waals surface area contributed by atoms with E-state index in [1.54, 1.807) is 0 Å². The Balaban J connectivity index is 3.96. The quantitative estimate of drug-likeness (QED) is 0.313. The molecule has 4 nitrogen and oxygen atoms in total. The number of hydrogen-bond acceptors (Lipinski definition) is 4. The van der Waals surface area contributed by atoms with Gasteiger partial charge < -0.3 is 10.4 Å². The number of rotatable bonds is 15. The monoisotopic (exact) mass is 343 g/mol. The third-order valence-electron chi connectivity index (χ3n) is 5.13. The first-order valence-corrected chi connectivity index (χ1v) is 10.3. The Hall–Kier alpha value is -0.160. The van der Waals surface area contributed by atoms with Crippen molar-refractivity contribution in [3.05, 3.63) is 0 Å². The highest BCUT2D eigenvalue weighted by atomic mass is 16.3. The van der Waals surface area contributed by atoms with Gasteiger partial charge in [0.1, 0.15) is 6.23 Å². The molecule has 0 fully saturated rings. The Kier molecular flexibility index (Phi) is 14.0. The van der Waals surface area contributed by atoms with Crippen molar-refractivity contribution >= 4 is 0 Å². The summed E-state index contributed by atoms with van der Waals surface area (Å²) in [4.78, 5) is 2.48. The van der Waals surface area contributed by atoms with Gasteiger partial charge in [0.05, 0.1) is 0 Å². The molecule has 0 aliphatic rings. The summed E-state index contributed by atoms with van der Waals surface area (Å²) in [5.41, 5.74) is 0. The molecule has 0 spiro atoms. The zero-order valence-electron chi connectivity index (χ0n) is 17.4. The highest BCUT2D eigenvalue weighted by molar-refractivity contribution is 4.80. The molecule has 0 saturated heterocycles. The van der Waals surface area contributed by atoms with Gasteiger partial charge in [0, 0.05) is 30.7 Å². The molecule has 0 saturated carbocycles. The summed E-state index contributed by atoms with van der Waals surface area (Å²) in [6.07, 6.45) is 7.21. The molecule has 0 aromatic rings. The molecular formula is C20H45N3O. The Morgan fingerprint density at radius 2 is 1.54 bits per heavy atom. The van der Waals surface area contributed by atoms with Crippen LogP contribution < -0.4 is 10.6 Å². The summed E-state index contributed by atoms with van der Waals surface area (Å²) < 4.78 is 0. The van der Waals surface area contributed by atoms with Crippen LogP contribution in [0, 0.1) is 0 Å². The third-order valence-corrected chi connectivity index (χ3v) is 5.13. The standard InChI is InChI=1S/C20H45N3O/c1-8-10-11-12-13-14-17(5)22-20(24)15-21-18(6)19(7)23(9-2)16(3)4/h16-22,24H,8-15H2,1-7H3. The zero-order chi connectivity index (χ0) is 18.5. The Morgan fingerprint density at radius 3 is 2.08 bits per heavy atom. The largest absolute Gasteiger partial charge is 0.377 e. The molecule has 0 amide bonds. The molecule has 0 bridgehead atoms. The fourth-order valence-electron chi connectivity index (χ4n) is 3.40. The van der Waals surface area contributed by atoms with E-state index in [-0.39, 0.29) is 0 Å². The van der Waals surface area contributed by atoms with Crippen LogP contribution in [0.4, 0.5) is 0 Å². The van der Waals surface area contributed by atoms with E-state index >= 15 is 0 Å². The number of aliphatic hydroxyl groups excluding tert-OH is 1. The van der Waals surface area contributed by atoms with Crippen LogP contribution in [0.1, 0.15) is 87.0 Å². The van der Waals surface area contributed by atoms with Crippen LogP contribution in [0.3, 0.4) is 0 Å². The van der Waals surface area contributed by atoms with Gasteiger partial charge >= 0.3 is 0 Å². The minimum atomic E-state index is -0.473. The minimum Gasteiger partial charge on any atom is -0.377 e. The molecule has 3 N–H and O–H groups in total. The van der Waals surface area contributed by atoms with E-state index in [1.807, 2.05) is 0 Å². The van der Waals surface area contributed by atoms with E-state index in [1.165, 1.54) is 32.1 Å². The van der Waals surface area contributed by atoms with Crippen molar-refractivity contribution in [1.29, 1.82) is 0 Å². The van der Waals surface area contributed by atoms with Crippen LogP contribution in [-0.4, -0.2) is 53.5 Å². The van der Waals surface area contributed by atoms with Crippen LogP contribution >= 0.6 is 0 Å². The summed E-state index contributed by atoms with van der Waals surface area (Å²) in [5, 5.41) is 17.0. The lowest BCUT2D eigenvalue weighted by molar-refractivity contribution is 0.102. The third kappa shape index (κ3) is 10.7. The zero-order valence-corrected chi connectivity index (χ0v) is 17.4. The van der Waals surface area contributed by atoms with Crippen molar-refractivity contribution in [3.63, 3.8) is 0 Å². The average molecular weight is 344 g/mol. The predicted octanol–water partition coefficient (Wildman–Crippen LogP) is 3.74. The summed E-state index contributed by atoms with van der Waals surface area (Å²) in [7, 11) is 0. The van der Waals surface area contributed by atoms with Gasteiger partial charge in [-0.3, -0.25) is 10.2 Å². The maximum absolute atomic E-state index is 10.2. The fraction of sp³-hybridized carbons (Fsp3) is 1.00. The van der Waals surface area contributed by atoms with E-state index in [0.29, 0.717) is 30.7 Å². The van der Waals surface area contributed by atoms with Crippen LogP contribution in [-0.2, 0) is 0 Å². The van der Waals surface area contributed by atoms with Gasteiger partial charge in [-0.25, -0.2) is 0 Å². The molecule has 0 aliphatic heterocycles. The first-order valence-electron chi connectivity index (χ1n) is 10.3. The molecular weight excluding hydrogens is 298 g/mol. The minimum absolute atomic E-state index is 0.355. The van der Waals surface area contributed by atoms with Crippen LogP contribution in [0.5, 0.6) is 0 Å². The molecule has 24 heavy (non-hydrogen) atoms. The number of aliphatic hydroxyl groups is 1. The molecule has 0 aliphatic carbocycles. The topological polar surface area (TPSA) is 47.5 Å². The molecule has 4 heteroatoms. The van der Waals surface area contributed by atoms with Gasteiger partial charge in [0.2, 0.25) is 0 Å². The SMILES string of the molecule is CCCCCCCC(C)NC(O)CNC(C)C(C)N(CC)C(C)C. The van der Waals surface area contributed by atoms with Gasteiger partial charge in [-0.1, -0.05) is 46.0 Å². The second-order valence-electron chi connectivity index (χ2n) is 7.65. The summed E-state index contributed by atoms with van der Waals surface area (Å²) in [6.45, 7) is 17.2. The van der Waals surface area contributed by atoms with Crippen molar-refractivity contribution < 1.29 is 5.11 Å².